The number of fused-ring (bicyclic) bond motifs is 1. The summed E-state index contributed by atoms with van der Waals surface area (Å²) in [5.74, 6) is -0.138. The molecule has 0 aromatic heterocycles. The average molecular weight is 447 g/mol. The zero-order chi connectivity index (χ0) is 19.9. The molecule has 2 heterocycles. The number of rotatable bonds is 3. The van der Waals surface area contributed by atoms with Crippen molar-refractivity contribution in [2.75, 3.05) is 0 Å². The van der Waals surface area contributed by atoms with Gasteiger partial charge in [0, 0.05) is 4.47 Å². The summed E-state index contributed by atoms with van der Waals surface area (Å²) in [6, 6.07) is 7.47. The SMILES string of the molecule is CC1=C(C(=O)OC(C)C)[C@@H](c2ccc(C)c(Br)c2)N2C(=N1)SC(C#N)=C2N. The molecule has 0 fully saturated rings. The van der Waals surface area contributed by atoms with Gasteiger partial charge in [-0.05, 0) is 56.7 Å². The van der Waals surface area contributed by atoms with Crippen LogP contribution in [-0.2, 0) is 9.53 Å². The van der Waals surface area contributed by atoms with Crippen molar-refractivity contribution < 1.29 is 9.53 Å². The summed E-state index contributed by atoms with van der Waals surface area (Å²) < 4.78 is 6.39. The Morgan fingerprint density at radius 2 is 2.15 bits per heavy atom. The Hall–Kier alpha value is -2.24. The molecule has 3 rings (SSSR count). The van der Waals surface area contributed by atoms with E-state index in [1.54, 1.807) is 25.7 Å². The molecule has 27 heavy (non-hydrogen) atoms. The topological polar surface area (TPSA) is 91.7 Å². The Balaban J connectivity index is 2.19. The molecule has 0 aliphatic carbocycles. The van der Waals surface area contributed by atoms with Gasteiger partial charge in [-0.3, -0.25) is 4.90 Å². The van der Waals surface area contributed by atoms with Crippen LogP contribution in [0.5, 0.6) is 0 Å². The minimum atomic E-state index is -0.515. The minimum Gasteiger partial charge on any atom is -0.459 e. The zero-order valence-corrected chi connectivity index (χ0v) is 17.8. The molecule has 0 spiro atoms. The Kier molecular flexibility index (Phi) is 5.36. The van der Waals surface area contributed by atoms with Crippen molar-refractivity contribution >= 4 is 38.8 Å². The van der Waals surface area contributed by atoms with Crippen LogP contribution in [0.2, 0.25) is 0 Å². The number of halogens is 1. The van der Waals surface area contributed by atoms with E-state index in [-0.39, 0.29) is 6.10 Å². The van der Waals surface area contributed by atoms with E-state index >= 15 is 0 Å². The fourth-order valence-electron chi connectivity index (χ4n) is 2.97. The standard InChI is InChI=1S/C19H19BrN4O2S/c1-9(2)26-18(25)15-11(4)23-19-24(17(22)14(8-21)27-19)16(15)12-6-5-10(3)13(20)7-12/h5-7,9,16H,22H2,1-4H3/t16-/m1/s1. The van der Waals surface area contributed by atoms with Crippen LogP contribution in [0, 0.1) is 18.3 Å². The first kappa shape index (κ1) is 19.5. The fraction of sp³-hybridized carbons (Fsp3) is 0.316. The highest BCUT2D eigenvalue weighted by molar-refractivity contribution is 9.10. The first-order valence-electron chi connectivity index (χ1n) is 8.38. The lowest BCUT2D eigenvalue weighted by Gasteiger charge is -2.35. The number of esters is 1. The number of carbonyl (C=O) groups is 1. The van der Waals surface area contributed by atoms with Crippen LogP contribution < -0.4 is 5.73 Å². The molecule has 2 aliphatic heterocycles. The van der Waals surface area contributed by atoms with Gasteiger partial charge in [0.1, 0.15) is 16.8 Å². The number of allylic oxidation sites excluding steroid dienone is 2. The van der Waals surface area contributed by atoms with Crippen LogP contribution in [-0.4, -0.2) is 22.1 Å². The van der Waals surface area contributed by atoms with E-state index in [0.29, 0.717) is 27.2 Å². The second-order valence-corrected chi connectivity index (χ2v) is 8.39. The van der Waals surface area contributed by atoms with Gasteiger partial charge in [0.15, 0.2) is 5.17 Å². The van der Waals surface area contributed by atoms with Crippen LogP contribution in [0.15, 0.2) is 49.7 Å². The summed E-state index contributed by atoms with van der Waals surface area (Å²) in [7, 11) is 0. The monoisotopic (exact) mass is 446 g/mol. The van der Waals surface area contributed by atoms with Gasteiger partial charge in [-0.25, -0.2) is 9.79 Å². The van der Waals surface area contributed by atoms with Gasteiger partial charge in [0.05, 0.1) is 23.4 Å². The summed E-state index contributed by atoms with van der Waals surface area (Å²) in [6.07, 6.45) is -0.260. The maximum atomic E-state index is 12.9. The number of thioether (sulfide) groups is 1. The van der Waals surface area contributed by atoms with Crippen LogP contribution in [0.3, 0.4) is 0 Å². The molecule has 0 amide bonds. The molecule has 0 unspecified atom stereocenters. The lowest BCUT2D eigenvalue weighted by Crippen LogP contribution is -2.39. The number of nitrogens with two attached hydrogens (primary N) is 1. The van der Waals surface area contributed by atoms with Gasteiger partial charge in [-0.1, -0.05) is 28.1 Å². The fourth-order valence-corrected chi connectivity index (χ4v) is 4.29. The smallest absolute Gasteiger partial charge is 0.338 e. The molecule has 1 aromatic rings. The van der Waals surface area contributed by atoms with Crippen LogP contribution >= 0.6 is 27.7 Å². The molecule has 8 heteroatoms. The number of hydrogen-bond donors (Lipinski definition) is 1. The second kappa shape index (κ2) is 7.41. The first-order valence-corrected chi connectivity index (χ1v) is 9.99. The number of aryl methyl sites for hydroxylation is 1. The van der Waals surface area contributed by atoms with Gasteiger partial charge in [0.2, 0.25) is 0 Å². The number of carbonyl (C=O) groups excluding carboxylic acids is 1. The maximum absolute atomic E-state index is 12.9. The molecule has 0 radical (unpaired) electrons. The van der Waals surface area contributed by atoms with Gasteiger partial charge in [0.25, 0.3) is 0 Å². The normalized spacial score (nSPS) is 19.2. The van der Waals surface area contributed by atoms with Crippen molar-refractivity contribution in [3.63, 3.8) is 0 Å². The highest BCUT2D eigenvalue weighted by Crippen LogP contribution is 2.45. The van der Waals surface area contributed by atoms with Crippen molar-refractivity contribution in [3.8, 4) is 6.07 Å². The molecule has 0 bridgehead atoms. The van der Waals surface area contributed by atoms with Crippen molar-refractivity contribution in [2.45, 2.75) is 39.8 Å². The minimum absolute atomic E-state index is 0.260. The van der Waals surface area contributed by atoms with E-state index < -0.39 is 12.0 Å². The molecular formula is C19H19BrN4O2S. The third-order valence-electron chi connectivity index (χ3n) is 4.25. The van der Waals surface area contributed by atoms with Gasteiger partial charge in [-0.15, -0.1) is 0 Å². The van der Waals surface area contributed by atoms with E-state index in [1.807, 2.05) is 25.1 Å². The lowest BCUT2D eigenvalue weighted by molar-refractivity contribution is -0.143. The van der Waals surface area contributed by atoms with E-state index in [2.05, 4.69) is 27.0 Å². The second-order valence-electron chi connectivity index (χ2n) is 6.56. The predicted molar refractivity (Wildman–Crippen MR) is 109 cm³/mol. The van der Waals surface area contributed by atoms with Crippen LogP contribution in [0.25, 0.3) is 0 Å². The Labute approximate surface area is 170 Å². The van der Waals surface area contributed by atoms with E-state index in [1.165, 1.54) is 11.8 Å². The summed E-state index contributed by atoms with van der Waals surface area (Å²) in [4.78, 5) is 19.5. The number of nitriles is 1. The molecule has 6 nitrogen and oxygen atoms in total. The average Bonchev–Trinajstić information content (AvgIpc) is 2.91. The van der Waals surface area contributed by atoms with Crippen molar-refractivity contribution in [1.82, 2.24) is 4.90 Å². The molecule has 0 saturated carbocycles. The quantitative estimate of drug-likeness (QED) is 0.702. The maximum Gasteiger partial charge on any atom is 0.338 e. The third kappa shape index (κ3) is 3.49. The molecule has 140 valence electrons. The Morgan fingerprint density at radius 3 is 2.74 bits per heavy atom. The summed E-state index contributed by atoms with van der Waals surface area (Å²) in [5.41, 5.74) is 9.16. The molecular weight excluding hydrogens is 428 g/mol. The highest BCUT2D eigenvalue weighted by atomic mass is 79.9. The Bertz CT molecular complexity index is 959. The Morgan fingerprint density at radius 1 is 1.44 bits per heavy atom. The van der Waals surface area contributed by atoms with Crippen molar-refractivity contribution in [1.29, 1.82) is 5.26 Å². The summed E-state index contributed by atoms with van der Waals surface area (Å²) in [6.45, 7) is 7.37. The van der Waals surface area contributed by atoms with E-state index in [0.717, 1.165) is 15.6 Å². The number of hydrogen-bond acceptors (Lipinski definition) is 7. The van der Waals surface area contributed by atoms with Crippen molar-refractivity contribution in [2.24, 2.45) is 10.7 Å². The highest BCUT2D eigenvalue weighted by Gasteiger charge is 2.42. The predicted octanol–water partition coefficient (Wildman–Crippen LogP) is 4.09. The van der Waals surface area contributed by atoms with E-state index in [9.17, 15) is 10.1 Å². The summed E-state index contributed by atoms with van der Waals surface area (Å²) in [5, 5.41) is 9.96. The molecule has 2 aliphatic rings. The third-order valence-corrected chi connectivity index (χ3v) is 6.08. The van der Waals surface area contributed by atoms with Crippen molar-refractivity contribution in [3.05, 3.63) is 55.8 Å². The van der Waals surface area contributed by atoms with Crippen LogP contribution in [0.1, 0.15) is 37.9 Å². The lowest BCUT2D eigenvalue weighted by atomic mass is 9.94. The molecule has 0 saturated heterocycles. The number of nitrogens with zero attached hydrogens (tertiary/aromatic N) is 3. The molecule has 2 N–H and O–H groups in total. The number of benzene rings is 1. The van der Waals surface area contributed by atoms with Gasteiger partial charge >= 0.3 is 5.97 Å². The number of amidine groups is 1. The van der Waals surface area contributed by atoms with Crippen LogP contribution in [0.4, 0.5) is 0 Å². The summed E-state index contributed by atoms with van der Waals surface area (Å²) >= 11 is 4.77. The van der Waals surface area contributed by atoms with Gasteiger partial charge < -0.3 is 10.5 Å². The number of aliphatic imine (C=N–C) groups is 1. The first-order chi connectivity index (χ1) is 12.7. The molecule has 1 aromatic carbocycles. The van der Waals surface area contributed by atoms with E-state index in [4.69, 9.17) is 10.5 Å². The number of ether oxygens (including phenoxy) is 1. The van der Waals surface area contributed by atoms with Gasteiger partial charge in [-0.2, -0.15) is 5.26 Å². The largest absolute Gasteiger partial charge is 0.459 e. The molecule has 1 atom stereocenters. The zero-order valence-electron chi connectivity index (χ0n) is 15.4.